The minimum absolute atomic E-state index is 0.0638. The van der Waals surface area contributed by atoms with Crippen LogP contribution in [0.25, 0.3) is 0 Å². The monoisotopic (exact) mass is 438 g/mol. The first-order valence-electron chi connectivity index (χ1n) is 9.61. The standard InChI is InChI=1S/C12H14O6.C6H6O2.C4H10O/c13-5-7-17-11(15)9-3-1-2-4-10(9)12(16)18-8-6-14;7-5-1-2-6(8)4-3-5;1-3-5-4-2/h1-4,13-14H,5-8H2;1-4,7-8H;3-4H2,1-2H3. The number of hydrogen-bond acceptors (Lipinski definition) is 9. The number of esters is 2. The fourth-order valence-electron chi connectivity index (χ4n) is 1.93. The Morgan fingerprint density at radius 1 is 0.710 bits per heavy atom. The molecular formula is C22H30O9. The Hall–Kier alpha value is -3.14. The molecule has 0 saturated heterocycles. The third-order valence-electron chi connectivity index (χ3n) is 3.27. The van der Waals surface area contributed by atoms with E-state index in [1.807, 2.05) is 13.8 Å². The number of aromatic hydroxyl groups is 2. The maximum absolute atomic E-state index is 11.6. The molecule has 0 atom stereocenters. The highest BCUT2D eigenvalue weighted by Gasteiger charge is 2.18. The van der Waals surface area contributed by atoms with Crippen LogP contribution in [0.4, 0.5) is 0 Å². The highest BCUT2D eigenvalue weighted by Crippen LogP contribution is 2.13. The van der Waals surface area contributed by atoms with Gasteiger partial charge >= 0.3 is 11.9 Å². The Bertz CT molecular complexity index is 683. The number of benzene rings is 2. The number of carbonyl (C=O) groups excluding carboxylic acids is 2. The molecule has 9 heteroatoms. The van der Waals surface area contributed by atoms with Crippen molar-refractivity contribution in [3.05, 3.63) is 59.7 Å². The summed E-state index contributed by atoms with van der Waals surface area (Å²) in [4.78, 5) is 23.2. The van der Waals surface area contributed by atoms with E-state index in [-0.39, 0.29) is 49.1 Å². The molecule has 0 bridgehead atoms. The first-order valence-corrected chi connectivity index (χ1v) is 9.61. The Kier molecular flexibility index (Phi) is 15.9. The highest BCUT2D eigenvalue weighted by atomic mass is 16.5. The van der Waals surface area contributed by atoms with Crippen LogP contribution in [0.1, 0.15) is 34.6 Å². The molecule has 0 aliphatic rings. The SMILES string of the molecule is CCOCC.O=C(OCCO)c1ccccc1C(=O)OCCO.Oc1ccc(O)cc1. The van der Waals surface area contributed by atoms with Gasteiger partial charge in [0.05, 0.1) is 24.3 Å². The fourth-order valence-corrected chi connectivity index (χ4v) is 1.93. The Balaban J connectivity index is 0.000000566. The van der Waals surface area contributed by atoms with Crippen molar-refractivity contribution in [1.82, 2.24) is 0 Å². The summed E-state index contributed by atoms with van der Waals surface area (Å²) in [5.41, 5.74) is 0.128. The van der Waals surface area contributed by atoms with Crippen molar-refractivity contribution >= 4 is 11.9 Å². The Morgan fingerprint density at radius 3 is 1.32 bits per heavy atom. The van der Waals surface area contributed by atoms with Crippen LogP contribution in [0.3, 0.4) is 0 Å². The van der Waals surface area contributed by atoms with Crippen LogP contribution in [0.15, 0.2) is 48.5 Å². The molecule has 0 radical (unpaired) electrons. The summed E-state index contributed by atoms with van der Waals surface area (Å²) in [5, 5.41) is 34.4. The van der Waals surface area contributed by atoms with Gasteiger partial charge in [0, 0.05) is 13.2 Å². The molecule has 0 fully saturated rings. The van der Waals surface area contributed by atoms with E-state index in [0.29, 0.717) is 0 Å². The summed E-state index contributed by atoms with van der Waals surface area (Å²) in [6.45, 7) is 4.81. The number of rotatable bonds is 8. The van der Waals surface area contributed by atoms with Gasteiger partial charge in [0.15, 0.2) is 0 Å². The van der Waals surface area contributed by atoms with Gasteiger partial charge in [-0.05, 0) is 50.2 Å². The lowest BCUT2D eigenvalue weighted by atomic mass is 10.1. The van der Waals surface area contributed by atoms with Gasteiger partial charge in [-0.15, -0.1) is 0 Å². The van der Waals surface area contributed by atoms with Gasteiger partial charge in [-0.25, -0.2) is 9.59 Å². The quantitative estimate of drug-likeness (QED) is 0.360. The van der Waals surface area contributed by atoms with Gasteiger partial charge < -0.3 is 34.6 Å². The van der Waals surface area contributed by atoms with Gasteiger partial charge in [-0.1, -0.05) is 12.1 Å². The summed E-state index contributed by atoms with van der Waals surface area (Å²) in [6.07, 6.45) is 0. The van der Waals surface area contributed by atoms with Crippen molar-refractivity contribution in [3.8, 4) is 11.5 Å². The summed E-state index contributed by atoms with van der Waals surface area (Å²) >= 11 is 0. The first kappa shape index (κ1) is 27.9. The van der Waals surface area contributed by atoms with E-state index in [4.69, 9.17) is 34.6 Å². The van der Waals surface area contributed by atoms with Crippen molar-refractivity contribution in [3.63, 3.8) is 0 Å². The lowest BCUT2D eigenvalue weighted by Gasteiger charge is -2.08. The van der Waals surface area contributed by atoms with Gasteiger partial charge in [-0.3, -0.25) is 0 Å². The van der Waals surface area contributed by atoms with Gasteiger partial charge in [0.2, 0.25) is 0 Å². The molecule has 172 valence electrons. The molecule has 2 aromatic rings. The summed E-state index contributed by atoms with van der Waals surface area (Å²) < 4.78 is 14.3. The lowest BCUT2D eigenvalue weighted by Crippen LogP contribution is -2.16. The third kappa shape index (κ3) is 12.9. The van der Waals surface area contributed by atoms with Crippen LogP contribution >= 0.6 is 0 Å². The molecule has 0 aliphatic heterocycles. The summed E-state index contributed by atoms with van der Waals surface area (Å²) in [7, 11) is 0. The molecule has 0 saturated carbocycles. The van der Waals surface area contributed by atoms with Crippen LogP contribution in [0, 0.1) is 0 Å². The zero-order chi connectivity index (χ0) is 23.5. The topological polar surface area (TPSA) is 143 Å². The van der Waals surface area contributed by atoms with E-state index < -0.39 is 11.9 Å². The minimum Gasteiger partial charge on any atom is -0.508 e. The van der Waals surface area contributed by atoms with Crippen LogP contribution in [-0.2, 0) is 14.2 Å². The maximum Gasteiger partial charge on any atom is 0.339 e. The molecule has 9 nitrogen and oxygen atoms in total. The Morgan fingerprint density at radius 2 is 1.06 bits per heavy atom. The van der Waals surface area contributed by atoms with E-state index in [9.17, 15) is 9.59 Å². The highest BCUT2D eigenvalue weighted by molar-refractivity contribution is 6.03. The molecule has 31 heavy (non-hydrogen) atoms. The second kappa shape index (κ2) is 17.7. The van der Waals surface area contributed by atoms with E-state index in [0.717, 1.165) is 13.2 Å². The number of carbonyl (C=O) groups is 2. The molecule has 0 aliphatic carbocycles. The number of phenols is 2. The predicted molar refractivity (Wildman–Crippen MR) is 113 cm³/mol. The molecule has 2 rings (SSSR count). The number of aliphatic hydroxyl groups is 2. The molecule has 4 N–H and O–H groups in total. The predicted octanol–water partition coefficient (Wildman–Crippen LogP) is 2.13. The molecule has 0 unspecified atom stereocenters. The van der Waals surface area contributed by atoms with Crippen molar-refractivity contribution in [2.45, 2.75) is 13.8 Å². The van der Waals surface area contributed by atoms with E-state index >= 15 is 0 Å². The van der Waals surface area contributed by atoms with Crippen molar-refractivity contribution < 1.29 is 44.2 Å². The number of hydrogen-bond donors (Lipinski definition) is 4. The number of phenolic OH excluding ortho intramolecular Hbond substituents is 2. The largest absolute Gasteiger partial charge is 0.508 e. The molecule has 2 aromatic carbocycles. The molecular weight excluding hydrogens is 408 g/mol. The average Bonchev–Trinajstić information content (AvgIpc) is 2.79. The molecule has 0 aromatic heterocycles. The zero-order valence-electron chi connectivity index (χ0n) is 17.7. The van der Waals surface area contributed by atoms with E-state index in [2.05, 4.69) is 0 Å². The van der Waals surface area contributed by atoms with E-state index in [1.54, 1.807) is 12.1 Å². The van der Waals surface area contributed by atoms with Crippen molar-refractivity contribution in [2.24, 2.45) is 0 Å². The fraction of sp³-hybridized carbons (Fsp3) is 0.364. The van der Waals surface area contributed by atoms with Crippen molar-refractivity contribution in [1.29, 1.82) is 0 Å². The number of aliphatic hydroxyl groups excluding tert-OH is 2. The normalized spacial score (nSPS) is 9.42. The van der Waals surface area contributed by atoms with Gasteiger partial charge in [0.1, 0.15) is 24.7 Å². The zero-order valence-corrected chi connectivity index (χ0v) is 17.7. The van der Waals surface area contributed by atoms with Crippen LogP contribution in [-0.4, -0.2) is 72.0 Å². The van der Waals surface area contributed by atoms with E-state index in [1.165, 1.54) is 36.4 Å². The van der Waals surface area contributed by atoms with Crippen molar-refractivity contribution in [2.75, 3.05) is 39.6 Å². The van der Waals surface area contributed by atoms with Gasteiger partial charge in [0.25, 0.3) is 0 Å². The summed E-state index contributed by atoms with van der Waals surface area (Å²) in [6, 6.07) is 11.7. The maximum atomic E-state index is 11.6. The number of ether oxygens (including phenoxy) is 3. The molecule has 0 spiro atoms. The second-order valence-electron chi connectivity index (χ2n) is 5.56. The van der Waals surface area contributed by atoms with Crippen LogP contribution < -0.4 is 0 Å². The smallest absolute Gasteiger partial charge is 0.339 e. The lowest BCUT2D eigenvalue weighted by molar-refractivity contribution is 0.0389. The molecule has 0 amide bonds. The van der Waals surface area contributed by atoms with Crippen LogP contribution in [0.2, 0.25) is 0 Å². The van der Waals surface area contributed by atoms with Crippen LogP contribution in [0.5, 0.6) is 11.5 Å². The third-order valence-corrected chi connectivity index (χ3v) is 3.27. The second-order valence-corrected chi connectivity index (χ2v) is 5.56. The van der Waals surface area contributed by atoms with Gasteiger partial charge in [-0.2, -0.15) is 0 Å². The molecule has 0 heterocycles. The first-order chi connectivity index (χ1) is 14.9. The minimum atomic E-state index is -0.708. The summed E-state index contributed by atoms with van der Waals surface area (Å²) in [5.74, 6) is -1.08. The average molecular weight is 438 g/mol. The Labute approximate surface area is 181 Å².